The second kappa shape index (κ2) is 8.20. The summed E-state index contributed by atoms with van der Waals surface area (Å²) in [4.78, 5) is 22.1. The largest absolute Gasteiger partial charge is 0.479 e. The molecular formula is C11H20N2O4S. The number of methoxy groups -OCH3 is 1. The van der Waals surface area contributed by atoms with Crippen molar-refractivity contribution in [1.29, 1.82) is 0 Å². The van der Waals surface area contributed by atoms with Gasteiger partial charge in [-0.25, -0.2) is 9.59 Å². The number of carboxylic acid groups (broad SMARTS) is 1. The maximum absolute atomic E-state index is 11.4. The van der Waals surface area contributed by atoms with Gasteiger partial charge in [-0.1, -0.05) is 6.42 Å². The molecule has 1 fully saturated rings. The van der Waals surface area contributed by atoms with Crippen LogP contribution in [-0.4, -0.2) is 54.4 Å². The Bertz CT molecular complexity index is 282. The highest BCUT2D eigenvalue weighted by atomic mass is 32.2. The Labute approximate surface area is 111 Å². The third-order valence-corrected chi connectivity index (χ3v) is 4.17. The number of ether oxygens (including phenoxy) is 1. The second-order valence-electron chi connectivity index (χ2n) is 4.14. The molecule has 6 nitrogen and oxygen atoms in total. The first-order chi connectivity index (χ1) is 8.63. The van der Waals surface area contributed by atoms with E-state index in [1.54, 1.807) is 0 Å². The highest BCUT2D eigenvalue weighted by Crippen LogP contribution is 2.24. The number of aliphatic carboxylic acids is 1. The fraction of sp³-hybridized carbons (Fsp3) is 0.818. The molecule has 18 heavy (non-hydrogen) atoms. The van der Waals surface area contributed by atoms with E-state index >= 15 is 0 Å². The van der Waals surface area contributed by atoms with Crippen molar-refractivity contribution >= 4 is 23.8 Å². The van der Waals surface area contributed by atoms with E-state index in [1.165, 1.54) is 20.0 Å². The summed E-state index contributed by atoms with van der Waals surface area (Å²) >= 11 is 1.88. The predicted molar refractivity (Wildman–Crippen MR) is 69.9 cm³/mol. The Hall–Kier alpha value is -0.950. The van der Waals surface area contributed by atoms with E-state index in [9.17, 15) is 9.59 Å². The van der Waals surface area contributed by atoms with Crippen LogP contribution >= 0.6 is 11.8 Å². The highest BCUT2D eigenvalue weighted by Gasteiger charge is 2.18. The number of carboxylic acids is 1. The fourth-order valence-electron chi connectivity index (χ4n) is 1.69. The number of rotatable bonds is 6. The molecule has 0 aromatic rings. The Morgan fingerprint density at radius 1 is 1.44 bits per heavy atom. The zero-order chi connectivity index (χ0) is 13.4. The molecule has 1 aliphatic rings. The lowest BCUT2D eigenvalue weighted by Crippen LogP contribution is -2.44. The van der Waals surface area contributed by atoms with Crippen molar-refractivity contribution in [3.63, 3.8) is 0 Å². The topological polar surface area (TPSA) is 87.7 Å². The first-order valence-electron chi connectivity index (χ1n) is 6.02. The number of carbonyl (C=O) groups is 2. The maximum atomic E-state index is 11.4. The fourth-order valence-corrected chi connectivity index (χ4v) is 2.93. The number of thioether (sulfide) groups is 1. The summed E-state index contributed by atoms with van der Waals surface area (Å²) in [5.74, 6) is 0.0688. The van der Waals surface area contributed by atoms with Crippen LogP contribution in [0.5, 0.6) is 0 Å². The molecule has 1 saturated heterocycles. The first-order valence-corrected chi connectivity index (χ1v) is 7.07. The van der Waals surface area contributed by atoms with E-state index in [2.05, 4.69) is 10.6 Å². The van der Waals surface area contributed by atoms with Gasteiger partial charge < -0.3 is 20.5 Å². The maximum Gasteiger partial charge on any atom is 0.334 e. The number of urea groups is 1. The Balaban J connectivity index is 2.14. The lowest BCUT2D eigenvalue weighted by Gasteiger charge is -2.21. The molecule has 1 rings (SSSR count). The summed E-state index contributed by atoms with van der Waals surface area (Å²) in [6, 6.07) is -0.343. The molecule has 0 radical (unpaired) electrons. The summed E-state index contributed by atoms with van der Waals surface area (Å²) in [6.07, 6.45) is 2.59. The lowest BCUT2D eigenvalue weighted by molar-refractivity contribution is -0.147. The molecule has 2 unspecified atom stereocenters. The monoisotopic (exact) mass is 276 g/mol. The summed E-state index contributed by atoms with van der Waals surface area (Å²) in [6.45, 7) is 0.594. The van der Waals surface area contributed by atoms with Crippen LogP contribution in [0.2, 0.25) is 0 Å². The summed E-state index contributed by atoms with van der Waals surface area (Å²) in [5.41, 5.74) is 0. The minimum absolute atomic E-state index is 0.0323. The van der Waals surface area contributed by atoms with Gasteiger partial charge in [-0.3, -0.25) is 0 Å². The molecule has 1 aliphatic heterocycles. The van der Waals surface area contributed by atoms with Gasteiger partial charge >= 0.3 is 12.0 Å². The first kappa shape index (κ1) is 15.1. The molecule has 0 saturated carbocycles. The predicted octanol–water partition coefficient (Wildman–Crippen LogP) is 0.671. The van der Waals surface area contributed by atoms with Crippen molar-refractivity contribution in [2.75, 3.05) is 26.0 Å². The third kappa shape index (κ3) is 5.59. The summed E-state index contributed by atoms with van der Waals surface area (Å²) < 4.78 is 4.71. The van der Waals surface area contributed by atoms with Gasteiger partial charge in [0.2, 0.25) is 0 Å². The van der Waals surface area contributed by atoms with E-state index in [1.807, 2.05) is 11.8 Å². The van der Waals surface area contributed by atoms with Gasteiger partial charge in [-0.05, 0) is 18.6 Å². The molecule has 0 aromatic carbocycles. The van der Waals surface area contributed by atoms with Gasteiger partial charge in [-0.15, -0.1) is 0 Å². The van der Waals surface area contributed by atoms with Gasteiger partial charge in [0.05, 0.1) is 6.54 Å². The quantitative estimate of drug-likeness (QED) is 0.663. The van der Waals surface area contributed by atoms with Crippen LogP contribution in [0.4, 0.5) is 4.79 Å². The van der Waals surface area contributed by atoms with Crippen LogP contribution in [0.15, 0.2) is 0 Å². The summed E-state index contributed by atoms with van der Waals surface area (Å²) in [5, 5.41) is 14.4. The standard InChI is InChI=1S/C11H20N2O4S/c1-17-9(10(14)15)7-13-11(16)12-6-8-4-2-3-5-18-8/h8-9H,2-7H2,1H3,(H,14,15)(H2,12,13,16). The lowest BCUT2D eigenvalue weighted by atomic mass is 10.2. The van der Waals surface area contributed by atoms with E-state index in [0.29, 0.717) is 11.8 Å². The molecule has 0 bridgehead atoms. The normalized spacial score (nSPS) is 21.1. The van der Waals surface area contributed by atoms with Crippen molar-refractivity contribution in [3.05, 3.63) is 0 Å². The van der Waals surface area contributed by atoms with Crippen LogP contribution in [0.25, 0.3) is 0 Å². The number of carbonyl (C=O) groups excluding carboxylic acids is 1. The molecule has 0 aliphatic carbocycles. The average molecular weight is 276 g/mol. The Morgan fingerprint density at radius 2 is 2.22 bits per heavy atom. The molecule has 104 valence electrons. The van der Waals surface area contributed by atoms with Gasteiger partial charge in [0.15, 0.2) is 6.10 Å². The van der Waals surface area contributed by atoms with Gasteiger partial charge in [0, 0.05) is 18.9 Å². The van der Waals surface area contributed by atoms with E-state index in [4.69, 9.17) is 9.84 Å². The number of hydrogen-bond donors (Lipinski definition) is 3. The van der Waals surface area contributed by atoms with Crippen molar-refractivity contribution in [2.45, 2.75) is 30.6 Å². The van der Waals surface area contributed by atoms with Gasteiger partial charge in [0.25, 0.3) is 0 Å². The van der Waals surface area contributed by atoms with Crippen molar-refractivity contribution in [2.24, 2.45) is 0 Å². The number of nitrogens with one attached hydrogen (secondary N) is 2. The molecule has 2 amide bonds. The average Bonchev–Trinajstić information content (AvgIpc) is 2.38. The minimum atomic E-state index is -1.08. The summed E-state index contributed by atoms with van der Waals surface area (Å²) in [7, 11) is 1.30. The van der Waals surface area contributed by atoms with Crippen LogP contribution < -0.4 is 10.6 Å². The Morgan fingerprint density at radius 3 is 2.78 bits per heavy atom. The Kier molecular flexibility index (Phi) is 6.89. The van der Waals surface area contributed by atoms with Crippen molar-refractivity contribution < 1.29 is 19.4 Å². The molecule has 1 heterocycles. The van der Waals surface area contributed by atoms with Crippen LogP contribution in [-0.2, 0) is 9.53 Å². The minimum Gasteiger partial charge on any atom is -0.479 e. The van der Waals surface area contributed by atoms with Crippen molar-refractivity contribution in [3.8, 4) is 0 Å². The van der Waals surface area contributed by atoms with E-state index < -0.39 is 12.1 Å². The molecule has 0 spiro atoms. The van der Waals surface area contributed by atoms with Crippen LogP contribution in [0, 0.1) is 0 Å². The third-order valence-electron chi connectivity index (χ3n) is 2.77. The molecule has 2 atom stereocenters. The van der Waals surface area contributed by atoms with Gasteiger partial charge in [0.1, 0.15) is 0 Å². The molecule has 7 heteroatoms. The van der Waals surface area contributed by atoms with Crippen LogP contribution in [0.1, 0.15) is 19.3 Å². The second-order valence-corrected chi connectivity index (χ2v) is 5.55. The zero-order valence-corrected chi connectivity index (χ0v) is 11.3. The number of hydrogen-bond acceptors (Lipinski definition) is 4. The van der Waals surface area contributed by atoms with E-state index in [0.717, 1.165) is 12.2 Å². The highest BCUT2D eigenvalue weighted by molar-refractivity contribution is 7.99. The SMILES string of the molecule is COC(CNC(=O)NCC1CCCCS1)C(=O)O. The number of amides is 2. The zero-order valence-electron chi connectivity index (χ0n) is 10.5. The van der Waals surface area contributed by atoms with Gasteiger partial charge in [-0.2, -0.15) is 11.8 Å². The van der Waals surface area contributed by atoms with Crippen LogP contribution in [0.3, 0.4) is 0 Å². The van der Waals surface area contributed by atoms with E-state index in [-0.39, 0.29) is 12.6 Å². The molecule has 0 aromatic heterocycles. The molecular weight excluding hydrogens is 256 g/mol. The smallest absolute Gasteiger partial charge is 0.334 e. The van der Waals surface area contributed by atoms with Crippen molar-refractivity contribution in [1.82, 2.24) is 10.6 Å². The molecule has 3 N–H and O–H groups in total.